The lowest BCUT2D eigenvalue weighted by Gasteiger charge is -2.58. The number of ketones is 3. The minimum absolute atomic E-state index is 0.0422. The average Bonchev–Trinajstić information content (AvgIpc) is 3.07. The van der Waals surface area contributed by atoms with Crippen LogP contribution in [-0.2, 0) is 23.9 Å². The van der Waals surface area contributed by atoms with Gasteiger partial charge in [0.1, 0.15) is 17.3 Å². The number of rotatable bonds is 5. The zero-order valence-electron chi connectivity index (χ0n) is 19.6. The van der Waals surface area contributed by atoms with Gasteiger partial charge in [-0.15, -0.1) is 0 Å². The molecule has 172 valence electrons. The number of hydrogen-bond donors (Lipinski definition) is 0. The molecule has 0 aliphatic heterocycles. The van der Waals surface area contributed by atoms with Crippen molar-refractivity contribution in [3.63, 3.8) is 0 Å². The van der Waals surface area contributed by atoms with E-state index in [1.54, 1.807) is 0 Å². The molecule has 8 atom stereocenters. The van der Waals surface area contributed by atoms with E-state index in [0.29, 0.717) is 50.3 Å². The van der Waals surface area contributed by atoms with Gasteiger partial charge in [-0.1, -0.05) is 20.8 Å². The lowest BCUT2D eigenvalue weighted by molar-refractivity contribution is -0.166. The first-order valence-corrected chi connectivity index (χ1v) is 12.4. The van der Waals surface area contributed by atoms with E-state index in [4.69, 9.17) is 4.74 Å². The molecule has 31 heavy (non-hydrogen) atoms. The van der Waals surface area contributed by atoms with Crippen LogP contribution in [0.4, 0.5) is 0 Å². The summed E-state index contributed by atoms with van der Waals surface area (Å²) in [4.78, 5) is 51.1. The van der Waals surface area contributed by atoms with Gasteiger partial charge in [0.15, 0.2) is 0 Å². The maximum absolute atomic E-state index is 13.7. The number of ether oxygens (including phenoxy) is 1. The van der Waals surface area contributed by atoms with Gasteiger partial charge in [-0.3, -0.25) is 19.2 Å². The largest absolute Gasteiger partial charge is 0.466 e. The highest BCUT2D eigenvalue weighted by atomic mass is 16.5. The summed E-state index contributed by atoms with van der Waals surface area (Å²) in [6, 6.07) is 0. The number of carbonyl (C=O) groups is 4. The van der Waals surface area contributed by atoms with Crippen molar-refractivity contribution >= 4 is 23.3 Å². The third-order valence-electron chi connectivity index (χ3n) is 10.0. The number of Topliss-reactive ketones (excluding diaryl/α,β-unsaturated/α-hetero) is 3. The molecule has 4 aliphatic carbocycles. The summed E-state index contributed by atoms with van der Waals surface area (Å²) in [6.45, 7) is 8.73. The summed E-state index contributed by atoms with van der Waals surface area (Å²) < 4.78 is 5.09. The zero-order valence-corrected chi connectivity index (χ0v) is 19.6. The maximum atomic E-state index is 13.7. The predicted molar refractivity (Wildman–Crippen MR) is 116 cm³/mol. The molecule has 0 bridgehead atoms. The van der Waals surface area contributed by atoms with Crippen LogP contribution in [0.5, 0.6) is 0 Å². The van der Waals surface area contributed by atoms with Crippen molar-refractivity contribution in [1.29, 1.82) is 0 Å². The van der Waals surface area contributed by atoms with E-state index in [1.165, 1.54) is 0 Å². The van der Waals surface area contributed by atoms with Crippen LogP contribution in [0.15, 0.2) is 0 Å². The van der Waals surface area contributed by atoms with Crippen LogP contribution < -0.4 is 0 Å². The fourth-order valence-corrected chi connectivity index (χ4v) is 8.17. The predicted octanol–water partition coefficient (Wildman–Crippen LogP) is 4.55. The molecule has 0 aromatic heterocycles. The van der Waals surface area contributed by atoms with Gasteiger partial charge in [0.2, 0.25) is 0 Å². The Labute approximate surface area is 186 Å². The summed E-state index contributed by atoms with van der Waals surface area (Å²) in [5, 5.41) is 0. The Bertz CT molecular complexity index is 787. The molecule has 0 saturated heterocycles. The molecule has 4 saturated carbocycles. The van der Waals surface area contributed by atoms with Gasteiger partial charge in [0.05, 0.1) is 6.61 Å². The normalized spacial score (nSPS) is 43.1. The summed E-state index contributed by atoms with van der Waals surface area (Å²) in [6.07, 6.45) is 5.89. The van der Waals surface area contributed by atoms with Crippen LogP contribution in [0.1, 0.15) is 85.5 Å². The van der Waals surface area contributed by atoms with E-state index >= 15 is 0 Å². The lowest BCUT2D eigenvalue weighted by Crippen LogP contribution is -2.60. The van der Waals surface area contributed by atoms with Crippen LogP contribution in [-0.4, -0.2) is 29.9 Å². The molecule has 0 heterocycles. The highest BCUT2D eigenvalue weighted by molar-refractivity contribution is 5.93. The van der Waals surface area contributed by atoms with Crippen LogP contribution >= 0.6 is 0 Å². The molecule has 5 nitrogen and oxygen atoms in total. The van der Waals surface area contributed by atoms with Crippen molar-refractivity contribution in [3.8, 4) is 0 Å². The Morgan fingerprint density at radius 3 is 2.55 bits per heavy atom. The molecule has 0 aromatic carbocycles. The number of esters is 1. The first-order chi connectivity index (χ1) is 14.6. The summed E-state index contributed by atoms with van der Waals surface area (Å²) in [5.74, 6) is 1.44. The highest BCUT2D eigenvalue weighted by Crippen LogP contribution is 2.66. The van der Waals surface area contributed by atoms with Crippen LogP contribution in [0.25, 0.3) is 0 Å². The Hall–Kier alpha value is -1.52. The fraction of sp³-hybridized carbons (Fsp3) is 0.846. The molecule has 4 fully saturated rings. The molecule has 4 aliphatic rings. The second kappa shape index (κ2) is 8.12. The summed E-state index contributed by atoms with van der Waals surface area (Å²) in [5.41, 5.74) is -0.546. The minimum Gasteiger partial charge on any atom is -0.466 e. The van der Waals surface area contributed by atoms with E-state index in [2.05, 4.69) is 20.8 Å². The van der Waals surface area contributed by atoms with E-state index < -0.39 is 5.41 Å². The smallest absolute Gasteiger partial charge is 0.305 e. The second-order valence-corrected chi connectivity index (χ2v) is 11.3. The van der Waals surface area contributed by atoms with E-state index in [0.717, 1.165) is 25.7 Å². The molecule has 0 aromatic rings. The Morgan fingerprint density at radius 1 is 1.10 bits per heavy atom. The quantitative estimate of drug-likeness (QED) is 0.598. The molecule has 5 heteroatoms. The molecule has 0 amide bonds. The topological polar surface area (TPSA) is 77.5 Å². The zero-order chi connectivity index (χ0) is 22.6. The summed E-state index contributed by atoms with van der Waals surface area (Å²) in [7, 11) is 0. The molecule has 4 rings (SSSR count). The number of hydrogen-bond acceptors (Lipinski definition) is 5. The van der Waals surface area contributed by atoms with Gasteiger partial charge >= 0.3 is 5.97 Å². The molecular weight excluding hydrogens is 392 g/mol. The summed E-state index contributed by atoms with van der Waals surface area (Å²) >= 11 is 0. The third-order valence-corrected chi connectivity index (χ3v) is 10.0. The van der Waals surface area contributed by atoms with E-state index in [9.17, 15) is 19.2 Å². The van der Waals surface area contributed by atoms with Crippen LogP contribution in [0.2, 0.25) is 0 Å². The lowest BCUT2D eigenvalue weighted by atomic mass is 9.44. The number of carbonyl (C=O) groups excluding carboxylic acids is 4. The van der Waals surface area contributed by atoms with Gasteiger partial charge in [-0.2, -0.15) is 0 Å². The van der Waals surface area contributed by atoms with Crippen molar-refractivity contribution in [3.05, 3.63) is 0 Å². The van der Waals surface area contributed by atoms with Gasteiger partial charge < -0.3 is 4.74 Å². The maximum Gasteiger partial charge on any atom is 0.305 e. The van der Waals surface area contributed by atoms with Crippen molar-refractivity contribution in [2.45, 2.75) is 85.5 Å². The van der Waals surface area contributed by atoms with E-state index in [-0.39, 0.29) is 52.7 Å². The average molecular weight is 431 g/mol. The fourth-order valence-electron chi connectivity index (χ4n) is 8.17. The molecule has 0 radical (unpaired) electrons. The van der Waals surface area contributed by atoms with Crippen LogP contribution in [0.3, 0.4) is 0 Å². The second-order valence-electron chi connectivity index (χ2n) is 11.3. The standard InChI is InChI=1S/C26H38O5/c1-5-31-23(30)9-6-15(2)18-7-8-19-24-20(14-22(29)26(18,19)4)25(3)11-10-17(27)12-16(25)13-21(24)28/h15-16,18-20,24H,5-14H2,1-4H3. The number of fused-ring (bicyclic) bond motifs is 5. The molecule has 0 N–H and O–H groups in total. The van der Waals surface area contributed by atoms with E-state index in [1.807, 2.05) is 6.92 Å². The molecule has 8 unspecified atom stereocenters. The van der Waals surface area contributed by atoms with Gasteiger partial charge in [-0.25, -0.2) is 0 Å². The Kier molecular flexibility index (Phi) is 5.93. The van der Waals surface area contributed by atoms with Crippen LogP contribution in [0, 0.1) is 46.3 Å². The van der Waals surface area contributed by atoms with Gasteiger partial charge in [0, 0.05) is 43.4 Å². The highest BCUT2D eigenvalue weighted by Gasteiger charge is 2.66. The van der Waals surface area contributed by atoms with Gasteiger partial charge in [-0.05, 0) is 67.6 Å². The molecular formula is C26H38O5. The minimum atomic E-state index is -0.474. The third kappa shape index (κ3) is 3.51. The van der Waals surface area contributed by atoms with Gasteiger partial charge in [0.25, 0.3) is 0 Å². The Balaban J connectivity index is 1.57. The van der Waals surface area contributed by atoms with Crippen molar-refractivity contribution in [1.82, 2.24) is 0 Å². The van der Waals surface area contributed by atoms with Crippen molar-refractivity contribution < 1.29 is 23.9 Å². The molecule has 0 spiro atoms. The first-order valence-electron chi connectivity index (χ1n) is 12.4. The monoisotopic (exact) mass is 430 g/mol. The first kappa shape index (κ1) is 22.7. The van der Waals surface area contributed by atoms with Crippen molar-refractivity contribution in [2.75, 3.05) is 6.61 Å². The Morgan fingerprint density at radius 2 is 1.84 bits per heavy atom. The van der Waals surface area contributed by atoms with Crippen molar-refractivity contribution in [2.24, 2.45) is 46.3 Å². The SMILES string of the molecule is CCOC(=O)CCC(C)C1CCC2C3C(=O)CC4CC(=O)CCC4(C)C3CC(=O)C12C.